The fraction of sp³-hybridized carbons (Fsp3) is 1.00. The van der Waals surface area contributed by atoms with Gasteiger partial charge in [-0.15, -0.1) is 0 Å². The first-order valence-electron chi connectivity index (χ1n) is 12.3. The van der Waals surface area contributed by atoms with Crippen molar-refractivity contribution in [1.29, 1.82) is 0 Å². The molecule has 1 nitrogen and oxygen atoms in total. The Balaban J connectivity index is 0.00000196. The van der Waals surface area contributed by atoms with Crippen molar-refractivity contribution in [3.63, 3.8) is 0 Å². The van der Waals surface area contributed by atoms with E-state index in [0.29, 0.717) is 0 Å². The molecule has 0 aromatic carbocycles. The van der Waals surface area contributed by atoms with Crippen LogP contribution in [0.3, 0.4) is 0 Å². The lowest BCUT2D eigenvalue weighted by atomic mass is 9.76. The van der Waals surface area contributed by atoms with E-state index in [-0.39, 0.29) is 24.0 Å². The fourth-order valence-corrected chi connectivity index (χ4v) is 7.90. The van der Waals surface area contributed by atoms with Crippen LogP contribution in [0, 0.1) is 0 Å². The van der Waals surface area contributed by atoms with Crippen molar-refractivity contribution in [2.75, 3.05) is 0 Å². The lowest BCUT2D eigenvalue weighted by Gasteiger charge is -2.62. The number of hydrogen-bond donors (Lipinski definition) is 0. The molecule has 0 spiro atoms. The summed E-state index contributed by atoms with van der Waals surface area (Å²) in [6.45, 7) is 0. The molecule has 26 heavy (non-hydrogen) atoms. The molecule has 4 fully saturated rings. The molecule has 0 radical (unpaired) electrons. The van der Waals surface area contributed by atoms with Gasteiger partial charge in [-0.1, -0.05) is 25.7 Å². The van der Waals surface area contributed by atoms with Gasteiger partial charge in [-0.2, -0.15) is 0 Å². The molecule has 4 saturated carbocycles. The molecule has 0 aromatic rings. The first kappa shape index (κ1) is 21.4. The second-order valence-electron chi connectivity index (χ2n) is 10.1. The predicted molar refractivity (Wildman–Crippen MR) is 108 cm³/mol. The highest BCUT2D eigenvalue weighted by atomic mass is 127. The van der Waals surface area contributed by atoms with Gasteiger partial charge in [0.15, 0.2) is 0 Å². The summed E-state index contributed by atoms with van der Waals surface area (Å²) in [7, 11) is 0. The minimum Gasteiger partial charge on any atom is -1.00 e. The molecule has 0 unspecified atom stereocenters. The van der Waals surface area contributed by atoms with Crippen LogP contribution in [0.2, 0.25) is 0 Å². The average molecular weight is 474 g/mol. The van der Waals surface area contributed by atoms with Crippen molar-refractivity contribution >= 4 is 0 Å². The highest BCUT2D eigenvalue weighted by molar-refractivity contribution is 4.85. The summed E-state index contributed by atoms with van der Waals surface area (Å²) >= 11 is 0. The van der Waals surface area contributed by atoms with Gasteiger partial charge in [-0.05, 0) is 103 Å². The van der Waals surface area contributed by atoms with Crippen molar-refractivity contribution in [2.45, 2.75) is 153 Å². The third-order valence-corrected chi connectivity index (χ3v) is 8.83. The van der Waals surface area contributed by atoms with E-state index in [9.17, 15) is 0 Å². The average Bonchev–Trinajstić information content (AvgIpc) is 2.72. The third-order valence-electron chi connectivity index (χ3n) is 8.83. The van der Waals surface area contributed by atoms with Crippen molar-refractivity contribution in [1.82, 2.24) is 0 Å². The van der Waals surface area contributed by atoms with Crippen LogP contribution in [-0.2, 0) is 0 Å². The number of nitrogens with zero attached hydrogens (tertiary/aromatic N) is 1. The quantitative estimate of drug-likeness (QED) is 0.426. The van der Waals surface area contributed by atoms with Crippen molar-refractivity contribution < 1.29 is 28.5 Å². The molecule has 0 amide bonds. The van der Waals surface area contributed by atoms with Crippen LogP contribution in [0.1, 0.15) is 128 Å². The summed E-state index contributed by atoms with van der Waals surface area (Å²) in [6.07, 6.45) is 31.0. The standard InChI is InChI=1S/C24H44N.HI/c1-5-13-21(14-6-1)25(22-15-7-2-8-16-22,23-17-9-3-10-18-23)24-19-11-4-12-20-24;/h21-24H,1-20H2;1H/q+1;/p-1. The van der Waals surface area contributed by atoms with E-state index in [4.69, 9.17) is 0 Å². The minimum atomic E-state index is 0. The Morgan fingerprint density at radius 3 is 0.692 bits per heavy atom. The molecule has 4 aliphatic carbocycles. The van der Waals surface area contributed by atoms with Gasteiger partial charge in [-0.3, -0.25) is 0 Å². The first-order chi connectivity index (χ1) is 12.4. The molecule has 4 rings (SSSR count). The zero-order valence-electron chi connectivity index (χ0n) is 17.3. The van der Waals surface area contributed by atoms with Crippen LogP contribution in [0.5, 0.6) is 0 Å². The van der Waals surface area contributed by atoms with E-state index in [0.717, 1.165) is 24.2 Å². The first-order valence-corrected chi connectivity index (χ1v) is 12.3. The minimum absolute atomic E-state index is 0. The Hall–Kier alpha value is 0.690. The summed E-state index contributed by atoms with van der Waals surface area (Å²) in [4.78, 5) is 0. The molecule has 0 aromatic heterocycles. The van der Waals surface area contributed by atoms with Crippen LogP contribution >= 0.6 is 0 Å². The third kappa shape index (κ3) is 4.31. The van der Waals surface area contributed by atoms with Crippen LogP contribution in [0.25, 0.3) is 0 Å². The van der Waals surface area contributed by atoms with Gasteiger partial charge in [0.2, 0.25) is 0 Å². The van der Waals surface area contributed by atoms with Gasteiger partial charge in [-0.25, -0.2) is 0 Å². The molecule has 152 valence electrons. The van der Waals surface area contributed by atoms with Gasteiger partial charge in [0, 0.05) is 0 Å². The maximum Gasteiger partial charge on any atom is 0.0896 e. The highest BCUT2D eigenvalue weighted by Gasteiger charge is 2.53. The van der Waals surface area contributed by atoms with E-state index < -0.39 is 0 Å². The van der Waals surface area contributed by atoms with E-state index in [1.54, 1.807) is 55.8 Å². The lowest BCUT2D eigenvalue weighted by molar-refractivity contribution is -1.02. The van der Waals surface area contributed by atoms with Crippen LogP contribution in [0.4, 0.5) is 0 Å². The number of quaternary nitrogens is 1. The largest absolute Gasteiger partial charge is 1.00 e. The van der Waals surface area contributed by atoms with E-state index >= 15 is 0 Å². The molecule has 4 aliphatic rings. The van der Waals surface area contributed by atoms with Gasteiger partial charge in [0.25, 0.3) is 0 Å². The summed E-state index contributed by atoms with van der Waals surface area (Å²) in [5.41, 5.74) is 0. The lowest BCUT2D eigenvalue weighted by Crippen LogP contribution is -3.00. The monoisotopic (exact) mass is 473 g/mol. The molecule has 2 heteroatoms. The van der Waals surface area contributed by atoms with E-state index in [2.05, 4.69) is 0 Å². The Bertz CT molecular complexity index is 308. The van der Waals surface area contributed by atoms with Crippen molar-refractivity contribution in [3.8, 4) is 0 Å². The molecule has 0 saturated heterocycles. The van der Waals surface area contributed by atoms with Crippen LogP contribution in [0.15, 0.2) is 0 Å². The van der Waals surface area contributed by atoms with Crippen molar-refractivity contribution in [3.05, 3.63) is 0 Å². The summed E-state index contributed by atoms with van der Waals surface area (Å²) in [5.74, 6) is 0. The van der Waals surface area contributed by atoms with Crippen LogP contribution in [-0.4, -0.2) is 28.7 Å². The summed E-state index contributed by atoms with van der Waals surface area (Å²) in [6, 6.07) is 4.18. The molecule has 0 aliphatic heterocycles. The second-order valence-corrected chi connectivity index (χ2v) is 10.1. The van der Waals surface area contributed by atoms with E-state index in [1.165, 1.54) is 77.0 Å². The van der Waals surface area contributed by atoms with Gasteiger partial charge >= 0.3 is 0 Å². The number of halogens is 1. The van der Waals surface area contributed by atoms with Gasteiger partial charge in [0.05, 0.1) is 24.2 Å². The molecule has 0 atom stereocenters. The highest BCUT2D eigenvalue weighted by Crippen LogP contribution is 2.47. The SMILES string of the molecule is C1CCC([N+](C2CCCCC2)(C2CCCCC2)C2CCCCC2)CC1.[I-]. The van der Waals surface area contributed by atoms with E-state index in [1.807, 2.05) is 0 Å². The Labute approximate surface area is 180 Å². The molecule has 0 heterocycles. The zero-order chi connectivity index (χ0) is 17.0. The molecule has 0 bridgehead atoms. The fourth-order valence-electron chi connectivity index (χ4n) is 7.90. The molecular formula is C24H44IN. The zero-order valence-corrected chi connectivity index (χ0v) is 19.4. The predicted octanol–water partition coefficient (Wildman–Crippen LogP) is 4.14. The molecular weight excluding hydrogens is 429 g/mol. The Kier molecular flexibility index (Phi) is 8.61. The topological polar surface area (TPSA) is 0 Å². The smallest absolute Gasteiger partial charge is 0.0896 e. The van der Waals surface area contributed by atoms with Crippen molar-refractivity contribution in [2.24, 2.45) is 0 Å². The Morgan fingerprint density at radius 1 is 0.308 bits per heavy atom. The second kappa shape index (κ2) is 10.5. The maximum absolute atomic E-state index is 1.67. The summed E-state index contributed by atoms with van der Waals surface area (Å²) < 4.78 is 1.67. The normalized spacial score (nSPS) is 28.6. The maximum atomic E-state index is 1.67. The number of hydrogen-bond acceptors (Lipinski definition) is 0. The summed E-state index contributed by atoms with van der Waals surface area (Å²) in [5, 5.41) is 0. The Morgan fingerprint density at radius 2 is 0.500 bits per heavy atom. The van der Waals surface area contributed by atoms with Gasteiger partial charge < -0.3 is 28.5 Å². The van der Waals surface area contributed by atoms with Crippen LogP contribution < -0.4 is 24.0 Å². The number of rotatable bonds is 4. The van der Waals surface area contributed by atoms with Gasteiger partial charge in [0.1, 0.15) is 0 Å². The molecule has 0 N–H and O–H groups in total.